The summed E-state index contributed by atoms with van der Waals surface area (Å²) in [4.78, 5) is 14.0. The summed E-state index contributed by atoms with van der Waals surface area (Å²) in [5, 5.41) is 3.88. The number of amides is 1. The van der Waals surface area contributed by atoms with Crippen molar-refractivity contribution in [3.8, 4) is 0 Å². The van der Waals surface area contributed by atoms with E-state index in [-0.39, 0.29) is 11.9 Å². The summed E-state index contributed by atoms with van der Waals surface area (Å²) >= 11 is 0. The fraction of sp³-hybridized carbons (Fsp3) is 0.667. The van der Waals surface area contributed by atoms with Gasteiger partial charge in [-0.25, -0.2) is 0 Å². The first-order valence-electron chi connectivity index (χ1n) is 5.94. The van der Waals surface area contributed by atoms with Gasteiger partial charge in [0.1, 0.15) is 11.5 Å². The Morgan fingerprint density at radius 2 is 2.44 bits per heavy atom. The third-order valence-electron chi connectivity index (χ3n) is 3.43. The molecular weight excluding hydrogens is 234 g/mol. The predicted octanol–water partition coefficient (Wildman–Crippen LogP) is 0.305. The average molecular weight is 253 g/mol. The Morgan fingerprint density at radius 3 is 2.94 bits per heavy atom. The molecule has 1 aliphatic rings. The highest BCUT2D eigenvalue weighted by atomic mass is 16.5. The highest BCUT2D eigenvalue weighted by Crippen LogP contribution is 2.29. The zero-order valence-corrected chi connectivity index (χ0v) is 11.0. The van der Waals surface area contributed by atoms with Gasteiger partial charge < -0.3 is 19.9 Å². The van der Waals surface area contributed by atoms with Crippen molar-refractivity contribution >= 4 is 5.91 Å². The van der Waals surface area contributed by atoms with Gasteiger partial charge in [0, 0.05) is 19.2 Å². The molecule has 0 aromatic carbocycles. The van der Waals surface area contributed by atoms with Gasteiger partial charge in [-0.15, -0.1) is 0 Å². The Morgan fingerprint density at radius 1 is 1.72 bits per heavy atom. The van der Waals surface area contributed by atoms with E-state index in [1.165, 1.54) is 0 Å². The van der Waals surface area contributed by atoms with Gasteiger partial charge in [-0.2, -0.15) is 0 Å². The third-order valence-corrected chi connectivity index (χ3v) is 3.43. The minimum atomic E-state index is -0.645. The van der Waals surface area contributed by atoms with Crippen LogP contribution in [0.2, 0.25) is 0 Å². The number of aryl methyl sites for hydroxylation is 1. The first-order chi connectivity index (χ1) is 8.43. The minimum absolute atomic E-state index is 0.0202. The van der Waals surface area contributed by atoms with Crippen LogP contribution in [-0.2, 0) is 16.1 Å². The maximum absolute atomic E-state index is 12.4. The second-order valence-corrected chi connectivity index (χ2v) is 5.13. The lowest BCUT2D eigenvalue weighted by atomic mass is 9.84. The molecule has 1 fully saturated rings. The van der Waals surface area contributed by atoms with E-state index in [1.807, 2.05) is 19.9 Å². The number of carbonyl (C=O) groups excluding carboxylic acids is 1. The number of nitrogens with zero attached hydrogens (tertiary/aromatic N) is 2. The topological polar surface area (TPSA) is 81.6 Å². The Bertz CT molecular complexity index is 446. The summed E-state index contributed by atoms with van der Waals surface area (Å²) < 4.78 is 10.3. The molecule has 1 amide bonds. The van der Waals surface area contributed by atoms with Crippen molar-refractivity contribution in [2.45, 2.75) is 26.4 Å². The van der Waals surface area contributed by atoms with E-state index in [0.29, 0.717) is 19.8 Å². The number of hydrogen-bond acceptors (Lipinski definition) is 5. The quantitative estimate of drug-likeness (QED) is 0.838. The van der Waals surface area contributed by atoms with E-state index in [4.69, 9.17) is 15.0 Å². The van der Waals surface area contributed by atoms with Crippen LogP contribution in [0.25, 0.3) is 0 Å². The van der Waals surface area contributed by atoms with Crippen molar-refractivity contribution in [2.24, 2.45) is 11.1 Å². The summed E-state index contributed by atoms with van der Waals surface area (Å²) in [6, 6.07) is 1.56. The van der Waals surface area contributed by atoms with Crippen LogP contribution in [-0.4, -0.2) is 42.3 Å². The lowest BCUT2D eigenvalue weighted by Crippen LogP contribution is -2.50. The maximum atomic E-state index is 12.4. The van der Waals surface area contributed by atoms with Crippen molar-refractivity contribution in [1.29, 1.82) is 0 Å². The van der Waals surface area contributed by atoms with Crippen LogP contribution < -0.4 is 5.73 Å². The monoisotopic (exact) mass is 253 g/mol. The Balaban J connectivity index is 2.05. The van der Waals surface area contributed by atoms with E-state index >= 15 is 0 Å². The molecule has 6 heteroatoms. The third kappa shape index (κ3) is 2.26. The van der Waals surface area contributed by atoms with Crippen LogP contribution in [0, 0.1) is 12.3 Å². The molecule has 2 rings (SSSR count). The van der Waals surface area contributed by atoms with Crippen LogP contribution in [0.1, 0.15) is 18.4 Å². The van der Waals surface area contributed by atoms with Crippen LogP contribution in [0.15, 0.2) is 10.6 Å². The SMILES string of the molecule is Cc1cc(CN(C)C(=O)C2(C)COCC2N)no1. The standard InChI is InChI=1S/C12H19N3O3/c1-8-4-9(14-18-8)5-15(3)11(16)12(2)7-17-6-10(12)13/h4,10H,5-7,13H2,1-3H3. The van der Waals surface area contributed by atoms with Gasteiger partial charge in [0.25, 0.3) is 0 Å². The number of nitrogens with two attached hydrogens (primary N) is 1. The molecule has 1 aromatic rings. The van der Waals surface area contributed by atoms with Crippen LogP contribution in [0.5, 0.6) is 0 Å². The fourth-order valence-corrected chi connectivity index (χ4v) is 2.15. The number of hydrogen-bond donors (Lipinski definition) is 1. The number of aromatic nitrogens is 1. The van der Waals surface area contributed by atoms with E-state index in [2.05, 4.69) is 5.16 Å². The van der Waals surface area contributed by atoms with Crippen LogP contribution in [0.4, 0.5) is 0 Å². The molecule has 2 atom stereocenters. The van der Waals surface area contributed by atoms with Gasteiger partial charge in [-0.05, 0) is 13.8 Å². The predicted molar refractivity (Wildman–Crippen MR) is 64.6 cm³/mol. The highest BCUT2D eigenvalue weighted by Gasteiger charge is 2.45. The molecular formula is C12H19N3O3. The molecule has 18 heavy (non-hydrogen) atoms. The lowest BCUT2D eigenvalue weighted by molar-refractivity contribution is -0.141. The van der Waals surface area contributed by atoms with E-state index < -0.39 is 5.41 Å². The smallest absolute Gasteiger partial charge is 0.232 e. The van der Waals surface area contributed by atoms with Crippen LogP contribution in [0.3, 0.4) is 0 Å². The lowest BCUT2D eigenvalue weighted by Gasteiger charge is -2.30. The summed E-state index contributed by atoms with van der Waals surface area (Å²) in [7, 11) is 1.74. The van der Waals surface area contributed by atoms with Crippen molar-refractivity contribution < 1.29 is 14.1 Å². The van der Waals surface area contributed by atoms with E-state index in [9.17, 15) is 4.79 Å². The zero-order chi connectivity index (χ0) is 13.3. The normalized spacial score (nSPS) is 27.4. The molecule has 0 radical (unpaired) electrons. The van der Waals surface area contributed by atoms with E-state index in [1.54, 1.807) is 11.9 Å². The van der Waals surface area contributed by atoms with Gasteiger partial charge in [0.15, 0.2) is 0 Å². The number of ether oxygens (including phenoxy) is 1. The first kappa shape index (κ1) is 13.0. The Labute approximate surface area is 106 Å². The summed E-state index contributed by atoms with van der Waals surface area (Å²) in [6.07, 6.45) is 0. The molecule has 0 bridgehead atoms. The highest BCUT2D eigenvalue weighted by molar-refractivity contribution is 5.83. The number of rotatable bonds is 3. The van der Waals surface area contributed by atoms with E-state index in [0.717, 1.165) is 11.5 Å². The molecule has 0 aliphatic carbocycles. The first-order valence-corrected chi connectivity index (χ1v) is 5.94. The van der Waals surface area contributed by atoms with Crippen LogP contribution >= 0.6 is 0 Å². The van der Waals surface area contributed by atoms with Gasteiger partial charge in [0.05, 0.1) is 25.2 Å². The van der Waals surface area contributed by atoms with Gasteiger partial charge in [0.2, 0.25) is 5.91 Å². The van der Waals surface area contributed by atoms with Gasteiger partial charge in [-0.1, -0.05) is 5.16 Å². The Kier molecular flexibility index (Phi) is 3.41. The molecule has 1 saturated heterocycles. The summed E-state index contributed by atoms with van der Waals surface area (Å²) in [5.74, 6) is 0.714. The van der Waals surface area contributed by atoms with Crippen molar-refractivity contribution in [1.82, 2.24) is 10.1 Å². The molecule has 1 aliphatic heterocycles. The second-order valence-electron chi connectivity index (χ2n) is 5.13. The zero-order valence-electron chi connectivity index (χ0n) is 11.0. The summed E-state index contributed by atoms with van der Waals surface area (Å²) in [6.45, 7) is 4.88. The molecule has 100 valence electrons. The molecule has 6 nitrogen and oxygen atoms in total. The fourth-order valence-electron chi connectivity index (χ4n) is 2.15. The molecule has 2 unspecified atom stereocenters. The van der Waals surface area contributed by atoms with Crippen molar-refractivity contribution in [2.75, 3.05) is 20.3 Å². The second kappa shape index (κ2) is 4.70. The largest absolute Gasteiger partial charge is 0.379 e. The Hall–Kier alpha value is -1.40. The minimum Gasteiger partial charge on any atom is -0.379 e. The van der Waals surface area contributed by atoms with Crippen molar-refractivity contribution in [3.63, 3.8) is 0 Å². The molecule has 0 saturated carbocycles. The molecule has 2 heterocycles. The molecule has 0 spiro atoms. The molecule has 1 aromatic heterocycles. The summed E-state index contributed by atoms with van der Waals surface area (Å²) in [5.41, 5.74) is 6.03. The maximum Gasteiger partial charge on any atom is 0.232 e. The molecule has 2 N–H and O–H groups in total. The van der Waals surface area contributed by atoms with Gasteiger partial charge >= 0.3 is 0 Å². The van der Waals surface area contributed by atoms with Gasteiger partial charge in [-0.3, -0.25) is 4.79 Å². The van der Waals surface area contributed by atoms with Crippen molar-refractivity contribution in [3.05, 3.63) is 17.5 Å². The number of carbonyl (C=O) groups is 1. The average Bonchev–Trinajstić information content (AvgIpc) is 2.86.